The van der Waals surface area contributed by atoms with Crippen LogP contribution in [0, 0.1) is 5.82 Å². The van der Waals surface area contributed by atoms with E-state index in [9.17, 15) is 4.39 Å². The van der Waals surface area contributed by atoms with Gasteiger partial charge < -0.3 is 4.74 Å². The SMILES string of the molecule is Fc1ccc(CCCOc2ccccc2)cc1. The summed E-state index contributed by atoms with van der Waals surface area (Å²) in [6, 6.07) is 16.4. The van der Waals surface area contributed by atoms with Gasteiger partial charge in [0.05, 0.1) is 6.61 Å². The summed E-state index contributed by atoms with van der Waals surface area (Å²) in [5.74, 6) is 0.709. The second-order valence-corrected chi connectivity index (χ2v) is 3.89. The highest BCUT2D eigenvalue weighted by Gasteiger charge is 1.95. The van der Waals surface area contributed by atoms with Crippen LogP contribution in [0.15, 0.2) is 54.6 Å². The van der Waals surface area contributed by atoms with Gasteiger partial charge >= 0.3 is 0 Å². The van der Waals surface area contributed by atoms with Crippen molar-refractivity contribution in [2.45, 2.75) is 12.8 Å². The Morgan fingerprint density at radius 3 is 2.29 bits per heavy atom. The van der Waals surface area contributed by atoms with Crippen molar-refractivity contribution in [3.8, 4) is 5.75 Å². The van der Waals surface area contributed by atoms with Gasteiger partial charge in [-0.25, -0.2) is 4.39 Å². The molecule has 0 fully saturated rings. The molecule has 0 aliphatic rings. The van der Waals surface area contributed by atoms with Crippen LogP contribution in [0.1, 0.15) is 12.0 Å². The first-order chi connectivity index (χ1) is 8.34. The van der Waals surface area contributed by atoms with Gasteiger partial charge in [0.25, 0.3) is 0 Å². The lowest BCUT2D eigenvalue weighted by Crippen LogP contribution is -1.99. The average Bonchev–Trinajstić information content (AvgIpc) is 2.38. The maximum Gasteiger partial charge on any atom is 0.123 e. The van der Waals surface area contributed by atoms with Crippen molar-refractivity contribution in [3.63, 3.8) is 0 Å². The molecule has 2 rings (SSSR count). The zero-order valence-electron chi connectivity index (χ0n) is 9.60. The monoisotopic (exact) mass is 230 g/mol. The van der Waals surface area contributed by atoms with E-state index in [2.05, 4.69) is 0 Å². The molecule has 0 saturated heterocycles. The Balaban J connectivity index is 1.71. The molecule has 17 heavy (non-hydrogen) atoms. The summed E-state index contributed by atoms with van der Waals surface area (Å²) >= 11 is 0. The van der Waals surface area contributed by atoms with Crippen molar-refractivity contribution in [1.29, 1.82) is 0 Å². The van der Waals surface area contributed by atoms with Gasteiger partial charge in [-0.15, -0.1) is 0 Å². The predicted molar refractivity (Wildman–Crippen MR) is 66.7 cm³/mol. The van der Waals surface area contributed by atoms with E-state index >= 15 is 0 Å². The van der Waals surface area contributed by atoms with E-state index in [1.807, 2.05) is 42.5 Å². The van der Waals surface area contributed by atoms with E-state index in [1.54, 1.807) is 0 Å². The van der Waals surface area contributed by atoms with Gasteiger partial charge in [0.1, 0.15) is 11.6 Å². The van der Waals surface area contributed by atoms with Gasteiger partial charge in [0.2, 0.25) is 0 Å². The molecule has 0 aliphatic heterocycles. The van der Waals surface area contributed by atoms with Crippen LogP contribution < -0.4 is 4.74 Å². The first-order valence-corrected chi connectivity index (χ1v) is 5.77. The summed E-state index contributed by atoms with van der Waals surface area (Å²) in [5, 5.41) is 0. The zero-order valence-corrected chi connectivity index (χ0v) is 9.60. The number of hydrogen-bond acceptors (Lipinski definition) is 1. The quantitative estimate of drug-likeness (QED) is 0.709. The molecule has 2 aromatic rings. The predicted octanol–water partition coefficient (Wildman–Crippen LogP) is 3.84. The number of para-hydroxylation sites is 1. The van der Waals surface area contributed by atoms with Crippen molar-refractivity contribution in [2.75, 3.05) is 6.61 Å². The Hall–Kier alpha value is -1.83. The molecule has 2 aromatic carbocycles. The third-order valence-corrected chi connectivity index (χ3v) is 2.53. The normalized spacial score (nSPS) is 10.2. The molecule has 0 radical (unpaired) electrons. The number of aryl methyl sites for hydroxylation is 1. The lowest BCUT2D eigenvalue weighted by atomic mass is 10.1. The third kappa shape index (κ3) is 3.91. The molecular formula is C15H15FO. The second kappa shape index (κ2) is 6.04. The number of rotatable bonds is 5. The van der Waals surface area contributed by atoms with Crippen LogP contribution in [0.4, 0.5) is 4.39 Å². The van der Waals surface area contributed by atoms with Gasteiger partial charge in [0, 0.05) is 0 Å². The van der Waals surface area contributed by atoms with Crippen molar-refractivity contribution in [2.24, 2.45) is 0 Å². The molecule has 0 atom stereocenters. The van der Waals surface area contributed by atoms with E-state index in [-0.39, 0.29) is 5.82 Å². The standard InChI is InChI=1S/C15H15FO/c16-14-10-8-13(9-11-14)5-4-12-17-15-6-2-1-3-7-15/h1-3,6-11H,4-5,12H2. The van der Waals surface area contributed by atoms with Crippen LogP contribution in [-0.4, -0.2) is 6.61 Å². The summed E-state index contributed by atoms with van der Waals surface area (Å²) in [6.07, 6.45) is 1.84. The first-order valence-electron chi connectivity index (χ1n) is 5.77. The van der Waals surface area contributed by atoms with E-state index in [0.29, 0.717) is 6.61 Å². The average molecular weight is 230 g/mol. The van der Waals surface area contributed by atoms with Crippen molar-refractivity contribution in [1.82, 2.24) is 0 Å². The van der Waals surface area contributed by atoms with Crippen molar-refractivity contribution >= 4 is 0 Å². The smallest absolute Gasteiger partial charge is 0.123 e. The third-order valence-electron chi connectivity index (χ3n) is 2.53. The van der Waals surface area contributed by atoms with E-state index < -0.39 is 0 Å². The Labute approximate surface area is 101 Å². The van der Waals surface area contributed by atoms with Gasteiger partial charge in [-0.1, -0.05) is 30.3 Å². The van der Waals surface area contributed by atoms with Crippen LogP contribution in [-0.2, 0) is 6.42 Å². The highest BCUT2D eigenvalue weighted by Crippen LogP contribution is 2.10. The number of hydrogen-bond donors (Lipinski definition) is 0. The summed E-state index contributed by atoms with van der Waals surface area (Å²) in [6.45, 7) is 0.682. The van der Waals surface area contributed by atoms with Crippen LogP contribution in [0.2, 0.25) is 0 Å². The fourth-order valence-corrected chi connectivity index (χ4v) is 1.63. The number of halogens is 1. The minimum atomic E-state index is -0.186. The van der Waals surface area contributed by atoms with Gasteiger partial charge in [0.15, 0.2) is 0 Å². The minimum Gasteiger partial charge on any atom is -0.494 e. The Morgan fingerprint density at radius 1 is 0.882 bits per heavy atom. The number of benzene rings is 2. The molecule has 2 heteroatoms. The Bertz CT molecular complexity index is 436. The maximum atomic E-state index is 12.7. The van der Waals surface area contributed by atoms with Crippen LogP contribution >= 0.6 is 0 Å². The van der Waals surface area contributed by atoms with E-state index in [1.165, 1.54) is 12.1 Å². The largest absolute Gasteiger partial charge is 0.494 e. The molecule has 0 bridgehead atoms. The number of ether oxygens (including phenoxy) is 1. The lowest BCUT2D eigenvalue weighted by Gasteiger charge is -2.05. The van der Waals surface area contributed by atoms with Crippen LogP contribution in [0.25, 0.3) is 0 Å². The van der Waals surface area contributed by atoms with Crippen LogP contribution in [0.5, 0.6) is 5.75 Å². The summed E-state index contributed by atoms with van der Waals surface area (Å²) in [5.41, 5.74) is 1.14. The summed E-state index contributed by atoms with van der Waals surface area (Å²) < 4.78 is 18.2. The highest BCUT2D eigenvalue weighted by molar-refractivity contribution is 5.21. The summed E-state index contributed by atoms with van der Waals surface area (Å²) in [4.78, 5) is 0. The molecule has 0 spiro atoms. The molecule has 1 nitrogen and oxygen atoms in total. The Kier molecular flexibility index (Phi) is 4.14. The van der Waals surface area contributed by atoms with Gasteiger partial charge in [-0.3, -0.25) is 0 Å². The highest BCUT2D eigenvalue weighted by atomic mass is 19.1. The minimum absolute atomic E-state index is 0.186. The molecule has 0 unspecified atom stereocenters. The van der Waals surface area contributed by atoms with E-state index in [0.717, 1.165) is 24.2 Å². The molecule has 0 N–H and O–H groups in total. The lowest BCUT2D eigenvalue weighted by molar-refractivity contribution is 0.311. The van der Waals surface area contributed by atoms with E-state index in [4.69, 9.17) is 4.74 Å². The molecule has 88 valence electrons. The summed E-state index contributed by atoms with van der Waals surface area (Å²) in [7, 11) is 0. The molecule has 0 saturated carbocycles. The van der Waals surface area contributed by atoms with Crippen molar-refractivity contribution in [3.05, 3.63) is 66.0 Å². The fourth-order valence-electron chi connectivity index (χ4n) is 1.63. The molecule has 0 heterocycles. The topological polar surface area (TPSA) is 9.23 Å². The van der Waals surface area contributed by atoms with Gasteiger partial charge in [-0.05, 0) is 42.7 Å². The fraction of sp³-hybridized carbons (Fsp3) is 0.200. The Morgan fingerprint density at radius 2 is 1.59 bits per heavy atom. The molecule has 0 aliphatic carbocycles. The maximum absolute atomic E-state index is 12.7. The van der Waals surface area contributed by atoms with Gasteiger partial charge in [-0.2, -0.15) is 0 Å². The second-order valence-electron chi connectivity index (χ2n) is 3.89. The first kappa shape index (κ1) is 11.6. The zero-order chi connectivity index (χ0) is 11.9. The molecule has 0 aromatic heterocycles. The molecular weight excluding hydrogens is 215 g/mol. The van der Waals surface area contributed by atoms with Crippen molar-refractivity contribution < 1.29 is 9.13 Å². The molecule has 0 amide bonds. The van der Waals surface area contributed by atoms with Crippen LogP contribution in [0.3, 0.4) is 0 Å².